The van der Waals surface area contributed by atoms with Crippen molar-refractivity contribution in [3.63, 3.8) is 0 Å². The van der Waals surface area contributed by atoms with E-state index in [9.17, 15) is 8.78 Å². The number of nitrogens with one attached hydrogen (secondary N) is 1. The van der Waals surface area contributed by atoms with Gasteiger partial charge in [0.15, 0.2) is 11.6 Å². The Balaban J connectivity index is 2.53. The van der Waals surface area contributed by atoms with Crippen LogP contribution in [0.5, 0.6) is 0 Å². The first kappa shape index (κ1) is 13.6. The number of thiophene rings is 1. The van der Waals surface area contributed by atoms with Gasteiger partial charge in [-0.15, -0.1) is 11.3 Å². The predicted molar refractivity (Wildman–Crippen MR) is 74.0 cm³/mol. The van der Waals surface area contributed by atoms with Crippen LogP contribution >= 0.6 is 27.3 Å². The number of halogens is 3. The Morgan fingerprint density at radius 3 is 2.56 bits per heavy atom. The molecule has 0 radical (unpaired) electrons. The first-order chi connectivity index (χ1) is 8.56. The molecule has 18 heavy (non-hydrogen) atoms. The van der Waals surface area contributed by atoms with Gasteiger partial charge in [0, 0.05) is 4.88 Å². The molecule has 1 unspecified atom stereocenters. The predicted octanol–water partition coefficient (Wildman–Crippen LogP) is 4.41. The van der Waals surface area contributed by atoms with Crippen LogP contribution in [-0.2, 0) is 0 Å². The van der Waals surface area contributed by atoms with Gasteiger partial charge in [-0.05, 0) is 58.5 Å². The normalized spacial score (nSPS) is 12.7. The van der Waals surface area contributed by atoms with Crippen molar-refractivity contribution in [2.45, 2.75) is 13.0 Å². The maximum absolute atomic E-state index is 13.6. The molecule has 2 rings (SSSR count). The fraction of sp³-hybridized carbons (Fsp3) is 0.231. The van der Waals surface area contributed by atoms with E-state index in [1.165, 1.54) is 0 Å². The van der Waals surface area contributed by atoms with Gasteiger partial charge in [0.1, 0.15) is 0 Å². The molecule has 2 aromatic rings. The highest BCUT2D eigenvalue weighted by atomic mass is 79.9. The molecule has 1 aromatic carbocycles. The van der Waals surface area contributed by atoms with Crippen molar-refractivity contribution in [3.05, 3.63) is 55.7 Å². The molecular formula is C13H12BrF2NS. The monoisotopic (exact) mass is 331 g/mol. The lowest BCUT2D eigenvalue weighted by Gasteiger charge is -2.18. The molecule has 1 aromatic heterocycles. The number of hydrogen-bond acceptors (Lipinski definition) is 2. The number of rotatable bonds is 3. The highest BCUT2D eigenvalue weighted by Gasteiger charge is 2.21. The summed E-state index contributed by atoms with van der Waals surface area (Å²) in [5.41, 5.74) is 1.83. The van der Waals surface area contributed by atoms with Crippen LogP contribution in [0.4, 0.5) is 8.78 Å². The Labute approximate surface area is 117 Å². The van der Waals surface area contributed by atoms with E-state index >= 15 is 0 Å². The molecule has 1 atom stereocenters. The number of hydrogen-bond donors (Lipinski definition) is 1. The standard InChI is InChI=1S/C13H12BrF2NS/c1-7-5-6-18-13(7)12(17-2)8-3-4-9(15)11(16)10(8)14/h3-6,12,17H,1-2H3. The first-order valence-corrected chi connectivity index (χ1v) is 7.08. The van der Waals surface area contributed by atoms with Crippen LogP contribution in [0.3, 0.4) is 0 Å². The lowest BCUT2D eigenvalue weighted by molar-refractivity contribution is 0.500. The zero-order chi connectivity index (χ0) is 13.3. The second kappa shape index (κ2) is 5.47. The van der Waals surface area contributed by atoms with Crippen molar-refractivity contribution in [3.8, 4) is 0 Å². The first-order valence-electron chi connectivity index (χ1n) is 5.41. The van der Waals surface area contributed by atoms with Gasteiger partial charge >= 0.3 is 0 Å². The zero-order valence-corrected chi connectivity index (χ0v) is 12.3. The third-order valence-corrected chi connectivity index (χ3v) is 4.72. The van der Waals surface area contributed by atoms with Crippen molar-refractivity contribution >= 4 is 27.3 Å². The van der Waals surface area contributed by atoms with Gasteiger partial charge < -0.3 is 5.32 Å². The van der Waals surface area contributed by atoms with E-state index in [1.54, 1.807) is 24.5 Å². The van der Waals surface area contributed by atoms with Gasteiger partial charge in [-0.25, -0.2) is 8.78 Å². The van der Waals surface area contributed by atoms with E-state index in [4.69, 9.17) is 0 Å². The minimum Gasteiger partial charge on any atom is -0.309 e. The Hall–Kier alpha value is -0.780. The van der Waals surface area contributed by atoms with Crippen molar-refractivity contribution in [2.75, 3.05) is 7.05 Å². The molecule has 0 saturated heterocycles. The Kier molecular flexibility index (Phi) is 4.14. The van der Waals surface area contributed by atoms with Crippen molar-refractivity contribution in [1.82, 2.24) is 5.32 Å². The van der Waals surface area contributed by atoms with Crippen molar-refractivity contribution in [2.24, 2.45) is 0 Å². The fourth-order valence-electron chi connectivity index (χ4n) is 1.87. The molecule has 0 aliphatic carbocycles. The minimum absolute atomic E-state index is 0.144. The summed E-state index contributed by atoms with van der Waals surface area (Å²) in [4.78, 5) is 1.10. The van der Waals surface area contributed by atoms with Gasteiger partial charge in [-0.1, -0.05) is 6.07 Å². The summed E-state index contributed by atoms with van der Waals surface area (Å²) in [6, 6.07) is 4.62. The molecular weight excluding hydrogens is 320 g/mol. The topological polar surface area (TPSA) is 12.0 Å². The molecule has 0 saturated carbocycles. The third kappa shape index (κ3) is 2.35. The molecule has 0 aliphatic heterocycles. The fourth-order valence-corrected chi connectivity index (χ4v) is 3.48. The maximum Gasteiger partial charge on any atom is 0.173 e. The summed E-state index contributed by atoms with van der Waals surface area (Å²) < 4.78 is 26.9. The second-order valence-electron chi connectivity index (χ2n) is 3.95. The van der Waals surface area contributed by atoms with E-state index in [2.05, 4.69) is 21.2 Å². The van der Waals surface area contributed by atoms with E-state index < -0.39 is 11.6 Å². The second-order valence-corrected chi connectivity index (χ2v) is 5.69. The Bertz CT molecular complexity index is 568. The molecule has 5 heteroatoms. The zero-order valence-electron chi connectivity index (χ0n) is 9.93. The van der Waals surface area contributed by atoms with Crippen LogP contribution in [0, 0.1) is 18.6 Å². The smallest absolute Gasteiger partial charge is 0.173 e. The Morgan fingerprint density at radius 2 is 2.00 bits per heavy atom. The molecule has 0 fully saturated rings. The summed E-state index contributed by atoms with van der Waals surface area (Å²) in [6.07, 6.45) is 0. The number of benzene rings is 1. The van der Waals surface area contributed by atoms with Crippen molar-refractivity contribution < 1.29 is 8.78 Å². The van der Waals surface area contributed by atoms with E-state index in [1.807, 2.05) is 18.4 Å². The van der Waals surface area contributed by atoms with Gasteiger partial charge in [0.05, 0.1) is 10.5 Å². The molecule has 0 spiro atoms. The van der Waals surface area contributed by atoms with Gasteiger partial charge in [-0.3, -0.25) is 0 Å². The molecule has 96 valence electrons. The minimum atomic E-state index is -0.845. The summed E-state index contributed by atoms with van der Waals surface area (Å²) in [7, 11) is 1.80. The highest BCUT2D eigenvalue weighted by Crippen LogP contribution is 2.34. The Morgan fingerprint density at radius 1 is 1.28 bits per heavy atom. The summed E-state index contributed by atoms with van der Waals surface area (Å²) in [5.74, 6) is -1.69. The maximum atomic E-state index is 13.6. The van der Waals surface area contributed by atoms with Gasteiger partial charge in [0.25, 0.3) is 0 Å². The summed E-state index contributed by atoms with van der Waals surface area (Å²) >= 11 is 4.73. The summed E-state index contributed by atoms with van der Waals surface area (Å²) in [5, 5.41) is 5.13. The quantitative estimate of drug-likeness (QED) is 0.821. The van der Waals surface area contributed by atoms with Crippen molar-refractivity contribution in [1.29, 1.82) is 0 Å². The van der Waals surface area contributed by atoms with Crippen LogP contribution in [0.15, 0.2) is 28.1 Å². The average molecular weight is 332 g/mol. The van der Waals surface area contributed by atoms with Crippen LogP contribution in [-0.4, -0.2) is 7.05 Å². The molecule has 1 nitrogen and oxygen atoms in total. The van der Waals surface area contributed by atoms with Gasteiger partial charge in [0.2, 0.25) is 0 Å². The lowest BCUT2D eigenvalue weighted by Crippen LogP contribution is -2.18. The molecule has 1 N–H and O–H groups in total. The largest absolute Gasteiger partial charge is 0.309 e. The van der Waals surface area contributed by atoms with Crippen LogP contribution in [0.2, 0.25) is 0 Å². The average Bonchev–Trinajstić information content (AvgIpc) is 2.77. The van der Waals surface area contributed by atoms with Crippen LogP contribution in [0.1, 0.15) is 22.0 Å². The molecule has 0 amide bonds. The highest BCUT2D eigenvalue weighted by molar-refractivity contribution is 9.10. The number of aryl methyl sites for hydroxylation is 1. The lowest BCUT2D eigenvalue weighted by atomic mass is 10.0. The summed E-state index contributed by atoms with van der Waals surface area (Å²) in [6.45, 7) is 2.00. The molecule has 0 aliphatic rings. The molecule has 1 heterocycles. The van der Waals surface area contributed by atoms with E-state index in [0.29, 0.717) is 5.56 Å². The van der Waals surface area contributed by atoms with E-state index in [-0.39, 0.29) is 10.5 Å². The SMILES string of the molecule is CNC(c1ccc(F)c(F)c1Br)c1sccc1C. The molecule has 0 bridgehead atoms. The van der Waals surface area contributed by atoms with Crippen LogP contribution < -0.4 is 5.32 Å². The van der Waals surface area contributed by atoms with E-state index in [0.717, 1.165) is 16.5 Å². The van der Waals surface area contributed by atoms with Crippen LogP contribution in [0.25, 0.3) is 0 Å². The third-order valence-electron chi connectivity index (χ3n) is 2.83. The van der Waals surface area contributed by atoms with Gasteiger partial charge in [-0.2, -0.15) is 0 Å².